The van der Waals surface area contributed by atoms with Crippen molar-refractivity contribution < 1.29 is 23.7 Å². The van der Waals surface area contributed by atoms with E-state index in [0.717, 1.165) is 24.1 Å². The van der Waals surface area contributed by atoms with E-state index in [-0.39, 0.29) is 19.4 Å². The quantitative estimate of drug-likeness (QED) is 0.565. The zero-order chi connectivity index (χ0) is 20.4. The largest absolute Gasteiger partial charge is 0.492 e. The molecule has 6 nitrogen and oxygen atoms in total. The van der Waals surface area contributed by atoms with Crippen molar-refractivity contribution in [2.24, 2.45) is 0 Å². The van der Waals surface area contributed by atoms with E-state index in [2.05, 4.69) is 16.7 Å². The number of nitrogens with zero attached hydrogens (tertiary/aromatic N) is 1. The number of carbonyl (C=O) groups is 1. The molecule has 0 saturated carbocycles. The lowest BCUT2D eigenvalue weighted by Gasteiger charge is -2.32. The minimum atomic E-state index is -0.164. The van der Waals surface area contributed by atoms with Crippen LogP contribution >= 0.6 is 11.6 Å². The maximum absolute atomic E-state index is 11.2. The molecule has 2 heterocycles. The molecule has 0 bridgehead atoms. The molecule has 7 heteroatoms. The van der Waals surface area contributed by atoms with Crippen LogP contribution in [0.25, 0.3) is 0 Å². The molecule has 2 aromatic rings. The van der Waals surface area contributed by atoms with Gasteiger partial charge in [-0.2, -0.15) is 0 Å². The van der Waals surface area contributed by atoms with Gasteiger partial charge < -0.3 is 18.9 Å². The molecule has 0 spiro atoms. The summed E-state index contributed by atoms with van der Waals surface area (Å²) in [5, 5.41) is 0.483. The third-order valence-electron chi connectivity index (χ3n) is 5.03. The summed E-state index contributed by atoms with van der Waals surface area (Å²) in [6.45, 7) is 1.20. The first-order valence-electron chi connectivity index (χ1n) is 9.18. The molecular formula is C22H20ClNO5. The van der Waals surface area contributed by atoms with Crippen molar-refractivity contribution in [3.05, 3.63) is 46.0 Å². The van der Waals surface area contributed by atoms with Crippen molar-refractivity contribution in [2.75, 3.05) is 34.1 Å². The van der Waals surface area contributed by atoms with Gasteiger partial charge in [-0.1, -0.05) is 23.4 Å². The number of halogens is 1. The van der Waals surface area contributed by atoms with Crippen LogP contribution in [-0.2, 0) is 6.42 Å². The normalized spacial score (nSPS) is 17.1. The number of likely N-dealkylation sites (N-methyl/N-ethyl adjacent to an activating group) is 1. The molecule has 0 aliphatic carbocycles. The lowest BCUT2D eigenvalue weighted by molar-refractivity contribution is 0.112. The molecule has 0 aromatic heterocycles. The van der Waals surface area contributed by atoms with E-state index in [1.54, 1.807) is 25.3 Å². The smallest absolute Gasteiger partial charge is 0.231 e. The van der Waals surface area contributed by atoms with Gasteiger partial charge in [0, 0.05) is 17.1 Å². The molecular weight excluding hydrogens is 394 g/mol. The Kier molecular flexibility index (Phi) is 5.52. The number of methoxy groups -OCH3 is 1. The summed E-state index contributed by atoms with van der Waals surface area (Å²) >= 11 is 5.91. The van der Waals surface area contributed by atoms with Crippen LogP contribution in [0.3, 0.4) is 0 Å². The Bertz CT molecular complexity index is 1010. The molecule has 0 amide bonds. The third kappa shape index (κ3) is 3.71. The van der Waals surface area contributed by atoms with Crippen LogP contribution in [0.1, 0.15) is 27.5 Å². The molecule has 2 aliphatic rings. The van der Waals surface area contributed by atoms with Gasteiger partial charge in [0.25, 0.3) is 0 Å². The average molecular weight is 414 g/mol. The van der Waals surface area contributed by atoms with E-state index in [0.29, 0.717) is 39.9 Å². The number of carbonyl (C=O) groups excluding carboxylic acids is 1. The zero-order valence-electron chi connectivity index (χ0n) is 16.2. The van der Waals surface area contributed by atoms with Crippen molar-refractivity contribution in [3.8, 4) is 34.8 Å². The second-order valence-corrected chi connectivity index (χ2v) is 7.20. The molecule has 2 aromatic carbocycles. The van der Waals surface area contributed by atoms with E-state index in [4.69, 9.17) is 30.5 Å². The van der Waals surface area contributed by atoms with Crippen molar-refractivity contribution in [2.45, 2.75) is 12.5 Å². The topological polar surface area (TPSA) is 57.2 Å². The monoisotopic (exact) mass is 413 g/mol. The fourth-order valence-electron chi connectivity index (χ4n) is 3.61. The Labute approximate surface area is 174 Å². The molecule has 150 valence electrons. The predicted octanol–water partition coefficient (Wildman–Crippen LogP) is 3.50. The molecule has 29 heavy (non-hydrogen) atoms. The van der Waals surface area contributed by atoms with Gasteiger partial charge >= 0.3 is 0 Å². The Morgan fingerprint density at radius 2 is 2.21 bits per heavy atom. The number of benzene rings is 2. The molecule has 0 fully saturated rings. The van der Waals surface area contributed by atoms with Gasteiger partial charge in [-0.15, -0.1) is 0 Å². The van der Waals surface area contributed by atoms with Crippen LogP contribution in [0, 0.1) is 11.8 Å². The van der Waals surface area contributed by atoms with Crippen molar-refractivity contribution >= 4 is 17.9 Å². The summed E-state index contributed by atoms with van der Waals surface area (Å²) in [6, 6.07) is 6.76. The molecule has 0 N–H and O–H groups in total. The number of aldehydes is 1. The summed E-state index contributed by atoms with van der Waals surface area (Å²) in [7, 11) is 3.65. The highest BCUT2D eigenvalue weighted by Gasteiger charge is 2.33. The lowest BCUT2D eigenvalue weighted by Crippen LogP contribution is -2.31. The van der Waals surface area contributed by atoms with Crippen molar-refractivity contribution in [3.63, 3.8) is 0 Å². The molecule has 0 radical (unpaired) electrons. The molecule has 0 saturated heterocycles. The van der Waals surface area contributed by atoms with Crippen molar-refractivity contribution in [1.82, 2.24) is 4.90 Å². The van der Waals surface area contributed by atoms with Crippen LogP contribution in [0.4, 0.5) is 0 Å². The molecule has 1 atom stereocenters. The average Bonchev–Trinajstić information content (AvgIpc) is 3.19. The van der Waals surface area contributed by atoms with Crippen molar-refractivity contribution in [1.29, 1.82) is 0 Å². The van der Waals surface area contributed by atoms with E-state index in [1.807, 2.05) is 13.1 Å². The van der Waals surface area contributed by atoms with Crippen LogP contribution in [0.5, 0.6) is 23.0 Å². The maximum atomic E-state index is 11.2. The zero-order valence-corrected chi connectivity index (χ0v) is 16.9. The fraction of sp³-hybridized carbons (Fsp3) is 0.318. The summed E-state index contributed by atoms with van der Waals surface area (Å²) in [6.07, 6.45) is 1.59. The maximum Gasteiger partial charge on any atom is 0.231 e. The Balaban J connectivity index is 1.59. The first kappa shape index (κ1) is 19.4. The van der Waals surface area contributed by atoms with E-state index >= 15 is 0 Å². The van der Waals surface area contributed by atoms with Crippen LogP contribution < -0.4 is 18.9 Å². The number of hydrogen-bond acceptors (Lipinski definition) is 6. The summed E-state index contributed by atoms with van der Waals surface area (Å²) < 4.78 is 22.5. The third-order valence-corrected chi connectivity index (χ3v) is 5.27. The highest BCUT2D eigenvalue weighted by molar-refractivity contribution is 6.30. The van der Waals surface area contributed by atoms with Gasteiger partial charge in [-0.25, -0.2) is 0 Å². The first-order chi connectivity index (χ1) is 14.1. The molecule has 2 aliphatic heterocycles. The molecule has 0 unspecified atom stereocenters. The standard InChI is InChI=1S/C22H20ClNO5/c1-24-8-7-14-11-19-21(29-13-28-19)22(26-2)20(14)17(24)4-3-9-27-18-6-5-16(23)10-15(18)12-25/h5-6,10-12,17H,7-9,13H2,1-2H3/t17-/m1/s1. The predicted molar refractivity (Wildman–Crippen MR) is 108 cm³/mol. The minimum absolute atomic E-state index is 0.148. The van der Waals surface area contributed by atoms with Gasteiger partial charge in [0.2, 0.25) is 12.5 Å². The summed E-state index contributed by atoms with van der Waals surface area (Å²) in [5.41, 5.74) is 2.54. The van der Waals surface area contributed by atoms with Gasteiger partial charge in [0.1, 0.15) is 18.4 Å². The number of rotatable bonds is 4. The summed E-state index contributed by atoms with van der Waals surface area (Å²) in [5.74, 6) is 8.81. The number of fused-ring (bicyclic) bond motifs is 2. The Morgan fingerprint density at radius 3 is 3.00 bits per heavy atom. The van der Waals surface area contributed by atoms with Gasteiger partial charge in [-0.05, 0) is 43.3 Å². The number of hydrogen-bond donors (Lipinski definition) is 0. The van der Waals surface area contributed by atoms with E-state index in [1.165, 1.54) is 0 Å². The SMILES string of the molecule is COc1c2c(cc3c1[C@@H](C#CCOc1ccc(Cl)cc1C=O)N(C)CC3)OCO2. The highest BCUT2D eigenvalue weighted by Crippen LogP contribution is 2.49. The van der Waals surface area contributed by atoms with Crippen LogP contribution in [0.15, 0.2) is 24.3 Å². The lowest BCUT2D eigenvalue weighted by atomic mass is 9.91. The molecule has 4 rings (SSSR count). The van der Waals surface area contributed by atoms with E-state index < -0.39 is 0 Å². The van der Waals surface area contributed by atoms with Gasteiger partial charge in [0.15, 0.2) is 17.8 Å². The first-order valence-corrected chi connectivity index (χ1v) is 9.55. The minimum Gasteiger partial charge on any atom is -0.492 e. The van der Waals surface area contributed by atoms with Gasteiger partial charge in [0.05, 0.1) is 12.7 Å². The number of ether oxygens (including phenoxy) is 4. The van der Waals surface area contributed by atoms with E-state index in [9.17, 15) is 4.79 Å². The second-order valence-electron chi connectivity index (χ2n) is 6.76. The Morgan fingerprint density at radius 1 is 1.34 bits per heavy atom. The Hall–Kier alpha value is -2.88. The van der Waals surface area contributed by atoms with Crippen LogP contribution in [0.2, 0.25) is 5.02 Å². The second kappa shape index (κ2) is 8.24. The van der Waals surface area contributed by atoms with Gasteiger partial charge in [-0.3, -0.25) is 9.69 Å². The highest BCUT2D eigenvalue weighted by atomic mass is 35.5. The van der Waals surface area contributed by atoms with Crippen LogP contribution in [-0.4, -0.2) is 45.3 Å². The fourth-order valence-corrected chi connectivity index (χ4v) is 3.79. The summed E-state index contributed by atoms with van der Waals surface area (Å²) in [4.78, 5) is 13.4.